The Morgan fingerprint density at radius 1 is 1.30 bits per heavy atom. The van der Waals surface area contributed by atoms with Crippen LogP contribution < -0.4 is 20.5 Å². The Labute approximate surface area is 141 Å². The molecule has 1 heterocycles. The van der Waals surface area contributed by atoms with E-state index in [2.05, 4.69) is 5.32 Å². The molecule has 3 N–H and O–H groups in total. The normalized spacial score (nSPS) is 13.5. The van der Waals surface area contributed by atoms with Crippen molar-refractivity contribution in [3.8, 4) is 11.5 Å². The molecule has 1 aromatic rings. The van der Waals surface area contributed by atoms with Crippen LogP contribution in [0.4, 0.5) is 5.69 Å². The van der Waals surface area contributed by atoms with E-state index in [1.54, 1.807) is 32.0 Å². The van der Waals surface area contributed by atoms with Gasteiger partial charge in [0.15, 0.2) is 11.5 Å². The number of benzene rings is 1. The predicted octanol–water partition coefficient (Wildman–Crippen LogP) is 1.01. The van der Waals surface area contributed by atoms with Crippen molar-refractivity contribution in [1.29, 1.82) is 0 Å². The van der Waals surface area contributed by atoms with Crippen molar-refractivity contribution in [2.45, 2.75) is 19.9 Å². The number of likely N-dealkylation sites (N-methyl/N-ethyl adjacent to an activating group) is 1. The summed E-state index contributed by atoms with van der Waals surface area (Å²) in [5.41, 5.74) is 6.16. The quantitative estimate of drug-likeness (QED) is 0.832. The first-order valence-electron chi connectivity index (χ1n) is 7.25. The van der Waals surface area contributed by atoms with E-state index in [0.717, 1.165) is 0 Å². The molecule has 0 bridgehead atoms. The zero-order valence-electron chi connectivity index (χ0n) is 13.2. The highest BCUT2D eigenvalue weighted by Crippen LogP contribution is 2.32. The summed E-state index contributed by atoms with van der Waals surface area (Å²) in [4.78, 5) is 25.3. The SMILES string of the molecule is CCN(CC(=O)Nc1ccc2c(c1)OCCO2)C(=O)[C@H](C)N.Cl. The Morgan fingerprint density at radius 3 is 2.57 bits per heavy atom. The molecule has 0 aromatic heterocycles. The number of hydrogen-bond acceptors (Lipinski definition) is 5. The van der Waals surface area contributed by atoms with E-state index < -0.39 is 6.04 Å². The third-order valence-corrected chi connectivity index (χ3v) is 3.24. The maximum Gasteiger partial charge on any atom is 0.243 e. The first kappa shape index (κ1) is 19.1. The molecular formula is C15H22ClN3O4. The van der Waals surface area contributed by atoms with Gasteiger partial charge >= 0.3 is 0 Å². The van der Waals surface area contributed by atoms with Gasteiger partial charge in [0.25, 0.3) is 0 Å². The van der Waals surface area contributed by atoms with Crippen molar-refractivity contribution in [2.24, 2.45) is 5.73 Å². The molecule has 0 aliphatic carbocycles. The van der Waals surface area contributed by atoms with E-state index >= 15 is 0 Å². The number of nitrogens with two attached hydrogens (primary N) is 1. The number of anilines is 1. The average Bonchev–Trinajstić information content (AvgIpc) is 2.51. The van der Waals surface area contributed by atoms with Crippen LogP contribution in [0.3, 0.4) is 0 Å². The second-order valence-electron chi connectivity index (χ2n) is 5.05. The van der Waals surface area contributed by atoms with Crippen molar-refractivity contribution >= 4 is 29.9 Å². The van der Waals surface area contributed by atoms with Crippen LogP contribution in [0, 0.1) is 0 Å². The summed E-state index contributed by atoms with van der Waals surface area (Å²) in [6.45, 7) is 4.79. The Morgan fingerprint density at radius 2 is 1.96 bits per heavy atom. The molecule has 2 rings (SSSR count). The number of halogens is 1. The molecule has 7 nitrogen and oxygen atoms in total. The molecule has 1 aromatic carbocycles. The summed E-state index contributed by atoms with van der Waals surface area (Å²) < 4.78 is 10.9. The lowest BCUT2D eigenvalue weighted by molar-refractivity contribution is -0.135. The van der Waals surface area contributed by atoms with Gasteiger partial charge in [-0.1, -0.05) is 0 Å². The van der Waals surface area contributed by atoms with Gasteiger partial charge in [0.2, 0.25) is 11.8 Å². The van der Waals surface area contributed by atoms with E-state index in [0.29, 0.717) is 36.9 Å². The summed E-state index contributed by atoms with van der Waals surface area (Å²) in [6.07, 6.45) is 0. The van der Waals surface area contributed by atoms with Gasteiger partial charge in [-0.15, -0.1) is 12.4 Å². The first-order valence-corrected chi connectivity index (χ1v) is 7.25. The number of hydrogen-bond donors (Lipinski definition) is 2. The Balaban J connectivity index is 0.00000264. The Bertz CT molecular complexity index is 566. The van der Waals surface area contributed by atoms with Crippen LogP contribution in [0.5, 0.6) is 11.5 Å². The molecule has 0 spiro atoms. The number of nitrogens with zero attached hydrogens (tertiary/aromatic N) is 1. The number of carbonyl (C=O) groups is 2. The molecule has 1 aliphatic rings. The first-order chi connectivity index (χ1) is 10.5. The molecule has 0 radical (unpaired) electrons. The summed E-state index contributed by atoms with van der Waals surface area (Å²) in [5.74, 6) is 0.724. The molecule has 0 fully saturated rings. The summed E-state index contributed by atoms with van der Waals surface area (Å²) >= 11 is 0. The van der Waals surface area contributed by atoms with E-state index in [9.17, 15) is 9.59 Å². The van der Waals surface area contributed by atoms with Crippen LogP contribution in [0.2, 0.25) is 0 Å². The minimum Gasteiger partial charge on any atom is -0.486 e. The van der Waals surface area contributed by atoms with Crippen molar-refractivity contribution < 1.29 is 19.1 Å². The fourth-order valence-electron chi connectivity index (χ4n) is 2.13. The molecule has 0 saturated heterocycles. The highest BCUT2D eigenvalue weighted by molar-refractivity contribution is 5.95. The number of rotatable bonds is 5. The average molecular weight is 344 g/mol. The zero-order chi connectivity index (χ0) is 16.1. The number of carbonyl (C=O) groups excluding carboxylic acids is 2. The number of amides is 2. The largest absolute Gasteiger partial charge is 0.486 e. The topological polar surface area (TPSA) is 93.9 Å². The van der Waals surface area contributed by atoms with Gasteiger partial charge < -0.3 is 25.4 Å². The fourth-order valence-corrected chi connectivity index (χ4v) is 2.13. The summed E-state index contributed by atoms with van der Waals surface area (Å²) in [6, 6.07) is 4.56. The van der Waals surface area contributed by atoms with Gasteiger partial charge in [0.1, 0.15) is 13.2 Å². The molecule has 8 heteroatoms. The van der Waals surface area contributed by atoms with Gasteiger partial charge in [0, 0.05) is 18.3 Å². The van der Waals surface area contributed by atoms with E-state index in [4.69, 9.17) is 15.2 Å². The third kappa shape index (κ3) is 5.01. The molecule has 128 valence electrons. The molecule has 23 heavy (non-hydrogen) atoms. The fraction of sp³-hybridized carbons (Fsp3) is 0.467. The van der Waals surface area contributed by atoms with Crippen molar-refractivity contribution in [1.82, 2.24) is 4.90 Å². The van der Waals surface area contributed by atoms with Crippen LogP contribution in [-0.2, 0) is 9.59 Å². The minimum absolute atomic E-state index is 0. The lowest BCUT2D eigenvalue weighted by Gasteiger charge is -2.22. The van der Waals surface area contributed by atoms with Gasteiger partial charge in [-0.05, 0) is 26.0 Å². The molecule has 1 atom stereocenters. The van der Waals surface area contributed by atoms with Crippen LogP contribution >= 0.6 is 12.4 Å². The summed E-state index contributed by atoms with van der Waals surface area (Å²) in [7, 11) is 0. The van der Waals surface area contributed by atoms with E-state index in [-0.39, 0.29) is 30.8 Å². The third-order valence-electron chi connectivity index (χ3n) is 3.24. The van der Waals surface area contributed by atoms with Crippen molar-refractivity contribution in [2.75, 3.05) is 31.6 Å². The highest BCUT2D eigenvalue weighted by atomic mass is 35.5. The van der Waals surface area contributed by atoms with Crippen molar-refractivity contribution in [3.05, 3.63) is 18.2 Å². The lowest BCUT2D eigenvalue weighted by atomic mass is 10.2. The molecule has 0 saturated carbocycles. The van der Waals surface area contributed by atoms with E-state index in [1.807, 2.05) is 0 Å². The molecular weight excluding hydrogens is 322 g/mol. The van der Waals surface area contributed by atoms with Gasteiger partial charge in [-0.3, -0.25) is 9.59 Å². The maximum absolute atomic E-state index is 12.1. The lowest BCUT2D eigenvalue weighted by Crippen LogP contribution is -2.45. The van der Waals surface area contributed by atoms with Crippen LogP contribution in [-0.4, -0.2) is 49.1 Å². The number of fused-ring (bicyclic) bond motifs is 1. The number of nitrogens with one attached hydrogen (secondary N) is 1. The molecule has 2 amide bonds. The zero-order valence-corrected chi connectivity index (χ0v) is 14.0. The standard InChI is InChI=1S/C15H21N3O4.ClH/c1-3-18(15(20)10(2)16)9-14(19)17-11-4-5-12-13(8-11)22-7-6-21-12;/h4-5,8,10H,3,6-7,9,16H2,1-2H3,(H,17,19);1H/t10-;/m0./s1. The van der Waals surface area contributed by atoms with Gasteiger partial charge in [-0.25, -0.2) is 0 Å². The van der Waals surface area contributed by atoms with Gasteiger partial charge in [0.05, 0.1) is 12.6 Å². The minimum atomic E-state index is -0.623. The number of ether oxygens (including phenoxy) is 2. The van der Waals surface area contributed by atoms with Gasteiger partial charge in [-0.2, -0.15) is 0 Å². The molecule has 0 unspecified atom stereocenters. The highest BCUT2D eigenvalue weighted by Gasteiger charge is 2.19. The Hall–Kier alpha value is -1.99. The second-order valence-corrected chi connectivity index (χ2v) is 5.05. The van der Waals surface area contributed by atoms with E-state index in [1.165, 1.54) is 4.90 Å². The predicted molar refractivity (Wildman–Crippen MR) is 89.2 cm³/mol. The smallest absolute Gasteiger partial charge is 0.243 e. The van der Waals surface area contributed by atoms with Crippen LogP contribution in [0.25, 0.3) is 0 Å². The second kappa shape index (κ2) is 8.59. The van der Waals surface area contributed by atoms with Crippen LogP contribution in [0.15, 0.2) is 18.2 Å². The molecule has 1 aliphatic heterocycles. The summed E-state index contributed by atoms with van der Waals surface area (Å²) in [5, 5.41) is 2.74. The van der Waals surface area contributed by atoms with Crippen molar-refractivity contribution in [3.63, 3.8) is 0 Å². The maximum atomic E-state index is 12.1. The van der Waals surface area contributed by atoms with Crippen LogP contribution in [0.1, 0.15) is 13.8 Å². The Kier molecular flexibility index (Phi) is 7.12. The monoisotopic (exact) mass is 343 g/mol.